The molecule has 0 saturated heterocycles. The third kappa shape index (κ3) is 6.79. The van der Waals surface area contributed by atoms with Crippen LogP contribution in [-0.2, 0) is 14.4 Å². The Kier molecular flexibility index (Phi) is 7.86. The molecule has 0 aromatic heterocycles. The first-order chi connectivity index (χ1) is 11.7. The maximum atomic E-state index is 12.3. The maximum absolute atomic E-state index is 12.3. The maximum Gasteiger partial charge on any atom is 0.326 e. The highest BCUT2D eigenvalue weighted by molar-refractivity contribution is 8.00. The number of nitrogens with one attached hydrogen (secondary N) is 1. The minimum atomic E-state index is -1.14. The Hall–Kier alpha value is -2.62. The molecule has 9 nitrogen and oxygen atoms in total. The molecule has 1 rings (SSSR count). The predicted octanol–water partition coefficient (Wildman–Crippen LogP) is 1.12. The Bertz CT molecular complexity index is 649. The highest BCUT2D eigenvalue weighted by atomic mass is 32.2. The molecular weight excluding hydrogens is 350 g/mol. The van der Waals surface area contributed by atoms with Gasteiger partial charge in [0.25, 0.3) is 5.69 Å². The first-order valence-electron chi connectivity index (χ1n) is 7.36. The lowest BCUT2D eigenvalue weighted by atomic mass is 10.2. The number of carbonyl (C=O) groups is 3. The van der Waals surface area contributed by atoms with Gasteiger partial charge in [0.1, 0.15) is 6.04 Å². The van der Waals surface area contributed by atoms with Crippen molar-refractivity contribution in [2.75, 3.05) is 18.8 Å². The van der Waals surface area contributed by atoms with Crippen molar-refractivity contribution in [2.45, 2.75) is 24.8 Å². The van der Waals surface area contributed by atoms with E-state index in [1.165, 1.54) is 43.0 Å². The van der Waals surface area contributed by atoms with Crippen molar-refractivity contribution >= 4 is 35.2 Å². The number of carbonyl (C=O) groups excluding carboxylic acids is 2. The lowest BCUT2D eigenvalue weighted by Gasteiger charge is -2.26. The standard InChI is InChI=1S/C15H19N3O6S/c1-10(15(21)22)17(8-7-16-11(2)19)14(20)9-25-13-5-3-12(4-6-13)18(23)24/h3-6,10H,7-9H2,1-2H3,(H,16,19)(H,21,22). The molecule has 1 aromatic carbocycles. The number of benzene rings is 1. The number of hydrogen-bond donors (Lipinski definition) is 2. The fourth-order valence-electron chi connectivity index (χ4n) is 1.91. The summed E-state index contributed by atoms with van der Waals surface area (Å²) in [5, 5.41) is 22.3. The number of non-ortho nitro benzene ring substituents is 1. The molecule has 136 valence electrons. The molecule has 2 amide bonds. The van der Waals surface area contributed by atoms with E-state index in [9.17, 15) is 24.5 Å². The van der Waals surface area contributed by atoms with Crippen molar-refractivity contribution in [1.29, 1.82) is 0 Å². The average molecular weight is 369 g/mol. The van der Waals surface area contributed by atoms with Crippen LogP contribution in [-0.4, -0.2) is 57.6 Å². The molecule has 0 saturated carbocycles. The Morgan fingerprint density at radius 1 is 1.32 bits per heavy atom. The summed E-state index contributed by atoms with van der Waals surface area (Å²) in [6.45, 7) is 2.95. The highest BCUT2D eigenvalue weighted by Crippen LogP contribution is 2.22. The minimum Gasteiger partial charge on any atom is -0.480 e. The largest absolute Gasteiger partial charge is 0.480 e. The first-order valence-corrected chi connectivity index (χ1v) is 8.35. The number of hydrogen-bond acceptors (Lipinski definition) is 6. The molecule has 0 aliphatic heterocycles. The summed E-state index contributed by atoms with van der Waals surface area (Å²) in [5.41, 5.74) is -0.0490. The van der Waals surface area contributed by atoms with Gasteiger partial charge in [0.15, 0.2) is 0 Å². The Balaban J connectivity index is 2.68. The summed E-state index contributed by atoms with van der Waals surface area (Å²) in [6.07, 6.45) is 0. The van der Waals surface area contributed by atoms with E-state index in [0.29, 0.717) is 4.90 Å². The van der Waals surface area contributed by atoms with E-state index < -0.39 is 22.8 Å². The van der Waals surface area contributed by atoms with Crippen LogP contribution in [0.1, 0.15) is 13.8 Å². The fourth-order valence-corrected chi connectivity index (χ4v) is 2.70. The summed E-state index contributed by atoms with van der Waals surface area (Å²) in [6, 6.07) is 4.69. The van der Waals surface area contributed by atoms with Gasteiger partial charge in [-0.05, 0) is 19.1 Å². The molecule has 1 aromatic rings. The van der Waals surface area contributed by atoms with E-state index in [1.807, 2.05) is 0 Å². The number of nitro benzene ring substituents is 1. The second-order valence-corrected chi connectivity index (χ2v) is 6.17. The first kappa shape index (κ1) is 20.4. The lowest BCUT2D eigenvalue weighted by Crippen LogP contribution is -2.47. The van der Waals surface area contributed by atoms with E-state index >= 15 is 0 Å². The van der Waals surface area contributed by atoms with Crippen LogP contribution in [0.3, 0.4) is 0 Å². The monoisotopic (exact) mass is 369 g/mol. The van der Waals surface area contributed by atoms with Crippen molar-refractivity contribution in [3.63, 3.8) is 0 Å². The Morgan fingerprint density at radius 3 is 2.40 bits per heavy atom. The summed E-state index contributed by atoms with van der Waals surface area (Å²) >= 11 is 1.15. The molecule has 1 atom stereocenters. The van der Waals surface area contributed by atoms with E-state index in [0.717, 1.165) is 11.8 Å². The summed E-state index contributed by atoms with van der Waals surface area (Å²) in [4.78, 5) is 46.3. The quantitative estimate of drug-likeness (QED) is 0.379. The minimum absolute atomic E-state index is 0.0184. The van der Waals surface area contributed by atoms with Gasteiger partial charge in [-0.1, -0.05) is 0 Å². The molecule has 0 spiro atoms. The molecule has 10 heteroatoms. The van der Waals surface area contributed by atoms with Crippen molar-refractivity contribution in [1.82, 2.24) is 10.2 Å². The topological polar surface area (TPSA) is 130 Å². The highest BCUT2D eigenvalue weighted by Gasteiger charge is 2.25. The number of nitro groups is 1. The van der Waals surface area contributed by atoms with E-state index in [-0.39, 0.29) is 30.4 Å². The molecule has 0 fully saturated rings. The molecule has 0 bridgehead atoms. The third-order valence-electron chi connectivity index (χ3n) is 3.28. The molecule has 0 aliphatic rings. The molecule has 0 aliphatic carbocycles. The van der Waals surface area contributed by atoms with Crippen molar-refractivity contribution in [2.24, 2.45) is 0 Å². The number of thioether (sulfide) groups is 1. The fraction of sp³-hybridized carbons (Fsp3) is 0.400. The van der Waals surface area contributed by atoms with Crippen LogP contribution in [0.5, 0.6) is 0 Å². The van der Waals surface area contributed by atoms with Crippen molar-refractivity contribution < 1.29 is 24.4 Å². The van der Waals surface area contributed by atoms with Crippen LogP contribution in [0.15, 0.2) is 29.2 Å². The normalized spacial score (nSPS) is 11.4. The van der Waals surface area contributed by atoms with Gasteiger partial charge < -0.3 is 15.3 Å². The van der Waals surface area contributed by atoms with Gasteiger partial charge in [-0.3, -0.25) is 19.7 Å². The Morgan fingerprint density at radius 2 is 1.92 bits per heavy atom. The van der Waals surface area contributed by atoms with Gasteiger partial charge in [-0.2, -0.15) is 0 Å². The number of carboxylic acids is 1. The van der Waals surface area contributed by atoms with Gasteiger partial charge in [0.2, 0.25) is 11.8 Å². The van der Waals surface area contributed by atoms with Crippen LogP contribution in [0, 0.1) is 10.1 Å². The number of carboxylic acid groups (broad SMARTS) is 1. The average Bonchev–Trinajstić information content (AvgIpc) is 2.56. The third-order valence-corrected chi connectivity index (χ3v) is 4.28. The van der Waals surface area contributed by atoms with E-state index in [4.69, 9.17) is 5.11 Å². The zero-order valence-electron chi connectivity index (χ0n) is 13.8. The molecule has 0 radical (unpaired) electrons. The van der Waals surface area contributed by atoms with Crippen LogP contribution < -0.4 is 5.32 Å². The number of rotatable bonds is 9. The van der Waals surface area contributed by atoms with Crippen LogP contribution >= 0.6 is 11.8 Å². The van der Waals surface area contributed by atoms with Gasteiger partial charge in [-0.25, -0.2) is 4.79 Å². The van der Waals surface area contributed by atoms with Crippen molar-refractivity contribution in [3.05, 3.63) is 34.4 Å². The summed E-state index contributed by atoms with van der Waals surface area (Å²) in [7, 11) is 0. The number of aliphatic carboxylic acids is 1. The molecule has 2 N–H and O–H groups in total. The van der Waals surface area contributed by atoms with Gasteiger partial charge >= 0.3 is 5.97 Å². The van der Waals surface area contributed by atoms with Gasteiger partial charge in [0, 0.05) is 37.0 Å². The zero-order valence-corrected chi connectivity index (χ0v) is 14.6. The van der Waals surface area contributed by atoms with Gasteiger partial charge in [0.05, 0.1) is 10.7 Å². The van der Waals surface area contributed by atoms with Crippen LogP contribution in [0.2, 0.25) is 0 Å². The molecule has 25 heavy (non-hydrogen) atoms. The van der Waals surface area contributed by atoms with Crippen LogP contribution in [0.25, 0.3) is 0 Å². The molecular formula is C15H19N3O6S. The molecule has 1 unspecified atom stereocenters. The zero-order chi connectivity index (χ0) is 19.0. The van der Waals surface area contributed by atoms with E-state index in [2.05, 4.69) is 5.32 Å². The smallest absolute Gasteiger partial charge is 0.326 e. The lowest BCUT2D eigenvalue weighted by molar-refractivity contribution is -0.384. The second kappa shape index (κ2) is 9.62. The number of amides is 2. The number of nitrogens with zero attached hydrogens (tertiary/aromatic N) is 2. The van der Waals surface area contributed by atoms with Crippen molar-refractivity contribution in [3.8, 4) is 0 Å². The Labute approximate surface area is 148 Å². The predicted molar refractivity (Wildman–Crippen MR) is 91.3 cm³/mol. The summed E-state index contributed by atoms with van der Waals surface area (Å²) < 4.78 is 0. The van der Waals surface area contributed by atoms with Gasteiger partial charge in [-0.15, -0.1) is 11.8 Å². The van der Waals surface area contributed by atoms with Crippen LogP contribution in [0.4, 0.5) is 5.69 Å². The van der Waals surface area contributed by atoms with E-state index in [1.54, 1.807) is 0 Å². The SMILES string of the molecule is CC(=O)NCCN(C(=O)CSc1ccc([N+](=O)[O-])cc1)C(C)C(=O)O. The molecule has 0 heterocycles. The summed E-state index contributed by atoms with van der Waals surface area (Å²) in [5.74, 6) is -1.83. The second-order valence-electron chi connectivity index (χ2n) is 5.12.